The van der Waals surface area contributed by atoms with Crippen LogP contribution in [-0.4, -0.2) is 12.0 Å². The number of aryl methyl sites for hydroxylation is 3. The van der Waals surface area contributed by atoms with Crippen LogP contribution in [0.15, 0.2) is 36.4 Å². The molecule has 0 radical (unpaired) electrons. The number of rotatable bonds is 6. The Balaban J connectivity index is 2.23. The van der Waals surface area contributed by atoms with Gasteiger partial charge in [-0.3, -0.25) is 4.79 Å². The Morgan fingerprint density at radius 3 is 2.44 bits per heavy atom. The van der Waals surface area contributed by atoms with Crippen LogP contribution in [0.5, 0.6) is 5.75 Å². The van der Waals surface area contributed by atoms with Crippen molar-refractivity contribution in [1.82, 2.24) is 0 Å². The zero-order valence-electron chi connectivity index (χ0n) is 16.1. The highest BCUT2D eigenvalue weighted by Gasteiger charge is 2.21. The molecule has 0 aliphatic heterocycles. The van der Waals surface area contributed by atoms with Crippen LogP contribution in [-0.2, 0) is 4.79 Å². The lowest BCUT2D eigenvalue weighted by atomic mass is 9.98. The van der Waals surface area contributed by atoms with Gasteiger partial charge in [0.15, 0.2) is 6.10 Å². The van der Waals surface area contributed by atoms with Crippen LogP contribution in [0.1, 0.15) is 55.4 Å². The molecule has 134 valence electrons. The molecule has 3 heteroatoms. The van der Waals surface area contributed by atoms with Crippen LogP contribution >= 0.6 is 0 Å². The summed E-state index contributed by atoms with van der Waals surface area (Å²) in [6.07, 6.45) is 0.0994. The minimum absolute atomic E-state index is 0.0976. The van der Waals surface area contributed by atoms with Crippen molar-refractivity contribution in [3.8, 4) is 5.75 Å². The summed E-state index contributed by atoms with van der Waals surface area (Å²) >= 11 is 0. The summed E-state index contributed by atoms with van der Waals surface area (Å²) in [6.45, 7) is 12.3. The number of carbonyl (C=O) groups is 1. The van der Waals surface area contributed by atoms with Crippen LogP contribution in [0, 0.1) is 20.8 Å². The number of ether oxygens (including phenoxy) is 1. The van der Waals surface area contributed by atoms with E-state index in [-0.39, 0.29) is 5.91 Å². The minimum atomic E-state index is -0.514. The quantitative estimate of drug-likeness (QED) is 0.751. The average Bonchev–Trinajstić information content (AvgIpc) is 2.57. The molecule has 2 rings (SSSR count). The van der Waals surface area contributed by atoms with Crippen molar-refractivity contribution in [3.05, 3.63) is 58.7 Å². The van der Waals surface area contributed by atoms with Gasteiger partial charge in [0.25, 0.3) is 5.91 Å². The zero-order chi connectivity index (χ0) is 18.6. The predicted octanol–water partition coefficient (Wildman–Crippen LogP) is 5.53. The second kappa shape index (κ2) is 8.19. The van der Waals surface area contributed by atoms with Crippen molar-refractivity contribution in [2.45, 2.75) is 60.0 Å². The van der Waals surface area contributed by atoms with Crippen LogP contribution in [0.4, 0.5) is 5.69 Å². The maximum Gasteiger partial charge on any atom is 0.265 e. The van der Waals surface area contributed by atoms with Gasteiger partial charge < -0.3 is 10.1 Å². The Morgan fingerprint density at radius 1 is 1.08 bits per heavy atom. The molecular weight excluding hydrogens is 310 g/mol. The minimum Gasteiger partial charge on any atom is -0.480 e. The lowest BCUT2D eigenvalue weighted by molar-refractivity contribution is -0.122. The smallest absolute Gasteiger partial charge is 0.265 e. The van der Waals surface area contributed by atoms with Crippen LogP contribution in [0.2, 0.25) is 0 Å². The Morgan fingerprint density at radius 2 is 1.80 bits per heavy atom. The molecule has 0 heterocycles. The molecule has 0 saturated heterocycles. The molecule has 1 N–H and O–H groups in total. The molecule has 1 atom stereocenters. The van der Waals surface area contributed by atoms with Crippen molar-refractivity contribution >= 4 is 11.6 Å². The van der Waals surface area contributed by atoms with E-state index < -0.39 is 6.10 Å². The highest BCUT2D eigenvalue weighted by atomic mass is 16.5. The molecule has 0 aromatic heterocycles. The first-order valence-electron chi connectivity index (χ1n) is 8.97. The fourth-order valence-corrected chi connectivity index (χ4v) is 2.86. The molecule has 2 aromatic carbocycles. The molecule has 0 saturated carbocycles. The maximum absolute atomic E-state index is 12.8. The molecule has 0 aliphatic rings. The Bertz CT molecular complexity index is 750. The van der Waals surface area contributed by atoms with Crippen LogP contribution in [0.3, 0.4) is 0 Å². The van der Waals surface area contributed by atoms with E-state index in [4.69, 9.17) is 4.74 Å². The summed E-state index contributed by atoms with van der Waals surface area (Å²) in [6, 6.07) is 12.2. The number of carbonyl (C=O) groups excluding carboxylic acids is 1. The summed E-state index contributed by atoms with van der Waals surface area (Å²) in [4.78, 5) is 12.8. The second-order valence-corrected chi connectivity index (χ2v) is 6.97. The number of para-hydroxylation sites is 1. The number of benzene rings is 2. The number of nitrogens with one attached hydrogen (secondary N) is 1. The van der Waals surface area contributed by atoms with Gasteiger partial charge in [0.1, 0.15) is 5.75 Å². The van der Waals surface area contributed by atoms with E-state index in [1.807, 2.05) is 58.0 Å². The van der Waals surface area contributed by atoms with E-state index in [0.29, 0.717) is 12.3 Å². The van der Waals surface area contributed by atoms with Gasteiger partial charge in [-0.05, 0) is 61.4 Å². The molecule has 3 nitrogen and oxygen atoms in total. The summed E-state index contributed by atoms with van der Waals surface area (Å²) in [5, 5.41) is 3.10. The van der Waals surface area contributed by atoms with E-state index in [1.54, 1.807) is 0 Å². The largest absolute Gasteiger partial charge is 0.480 e. The number of anilines is 1. The Hall–Kier alpha value is -2.29. The third kappa shape index (κ3) is 4.62. The van der Waals surface area contributed by atoms with E-state index in [2.05, 4.69) is 25.2 Å². The third-order valence-corrected chi connectivity index (χ3v) is 4.45. The zero-order valence-corrected chi connectivity index (χ0v) is 16.1. The standard InChI is InChI=1S/C22H29NO2/c1-7-19(25-20-13-15(4)11-12-16(20)5)22(24)23-21-17(6)9-8-10-18(21)14(2)3/h8-14,19H,7H2,1-6H3,(H,23,24)/t19-/m0/s1. The third-order valence-electron chi connectivity index (χ3n) is 4.45. The summed E-state index contributed by atoms with van der Waals surface area (Å²) < 4.78 is 6.04. The predicted molar refractivity (Wildman–Crippen MR) is 105 cm³/mol. The van der Waals surface area contributed by atoms with Crippen LogP contribution < -0.4 is 10.1 Å². The first-order chi connectivity index (χ1) is 11.8. The normalized spacial score (nSPS) is 12.1. The van der Waals surface area contributed by atoms with Gasteiger partial charge >= 0.3 is 0 Å². The van der Waals surface area contributed by atoms with Crippen molar-refractivity contribution < 1.29 is 9.53 Å². The van der Waals surface area contributed by atoms with Gasteiger partial charge in [-0.25, -0.2) is 0 Å². The Kier molecular flexibility index (Phi) is 6.24. The number of amides is 1. The molecule has 25 heavy (non-hydrogen) atoms. The summed E-state index contributed by atoms with van der Waals surface area (Å²) in [5.41, 5.74) is 5.29. The molecule has 0 fully saturated rings. The highest BCUT2D eigenvalue weighted by Crippen LogP contribution is 2.28. The lowest BCUT2D eigenvalue weighted by Gasteiger charge is -2.22. The topological polar surface area (TPSA) is 38.3 Å². The average molecular weight is 339 g/mol. The Labute approximate surface area is 151 Å². The van der Waals surface area contributed by atoms with Gasteiger partial charge in [-0.1, -0.05) is 51.1 Å². The van der Waals surface area contributed by atoms with E-state index in [0.717, 1.165) is 33.7 Å². The first kappa shape index (κ1) is 19.0. The lowest BCUT2D eigenvalue weighted by Crippen LogP contribution is -2.33. The van der Waals surface area contributed by atoms with E-state index >= 15 is 0 Å². The van der Waals surface area contributed by atoms with Gasteiger partial charge in [0.05, 0.1) is 0 Å². The molecule has 0 unspecified atom stereocenters. The summed E-state index contributed by atoms with van der Waals surface area (Å²) in [7, 11) is 0. The molecule has 1 amide bonds. The summed E-state index contributed by atoms with van der Waals surface area (Å²) in [5.74, 6) is 1.02. The number of hydrogen-bond acceptors (Lipinski definition) is 2. The molecule has 0 bridgehead atoms. The van der Waals surface area contributed by atoms with Crippen LogP contribution in [0.25, 0.3) is 0 Å². The van der Waals surface area contributed by atoms with Gasteiger partial charge in [-0.2, -0.15) is 0 Å². The van der Waals surface area contributed by atoms with Gasteiger partial charge in [-0.15, -0.1) is 0 Å². The van der Waals surface area contributed by atoms with E-state index in [9.17, 15) is 4.79 Å². The van der Waals surface area contributed by atoms with Gasteiger partial charge in [0.2, 0.25) is 0 Å². The monoisotopic (exact) mass is 339 g/mol. The van der Waals surface area contributed by atoms with Crippen molar-refractivity contribution in [3.63, 3.8) is 0 Å². The highest BCUT2D eigenvalue weighted by molar-refractivity contribution is 5.95. The maximum atomic E-state index is 12.8. The fraction of sp³-hybridized carbons (Fsp3) is 0.409. The van der Waals surface area contributed by atoms with E-state index in [1.165, 1.54) is 0 Å². The second-order valence-electron chi connectivity index (χ2n) is 6.97. The molecule has 2 aromatic rings. The first-order valence-corrected chi connectivity index (χ1v) is 8.97. The van der Waals surface area contributed by atoms with Gasteiger partial charge in [0, 0.05) is 5.69 Å². The van der Waals surface area contributed by atoms with Crippen molar-refractivity contribution in [2.75, 3.05) is 5.32 Å². The SMILES string of the molecule is CC[C@H](Oc1cc(C)ccc1C)C(=O)Nc1c(C)cccc1C(C)C. The van der Waals surface area contributed by atoms with Crippen molar-refractivity contribution in [1.29, 1.82) is 0 Å². The molecular formula is C22H29NO2. The fourth-order valence-electron chi connectivity index (χ4n) is 2.86. The number of hydrogen-bond donors (Lipinski definition) is 1. The molecule has 0 aliphatic carbocycles. The molecule has 0 spiro atoms. The van der Waals surface area contributed by atoms with Crippen molar-refractivity contribution in [2.24, 2.45) is 0 Å².